The number of carbonyl (C=O) groups excluding carboxylic acids is 1. The van der Waals surface area contributed by atoms with Gasteiger partial charge in [-0.2, -0.15) is 0 Å². The molecule has 120 valence electrons. The van der Waals surface area contributed by atoms with E-state index >= 15 is 0 Å². The van der Waals surface area contributed by atoms with Crippen molar-refractivity contribution in [3.63, 3.8) is 0 Å². The Morgan fingerprint density at radius 3 is 2.67 bits per heavy atom. The lowest BCUT2D eigenvalue weighted by Gasteiger charge is -2.06. The first-order valence-corrected chi connectivity index (χ1v) is 7.23. The molecule has 3 aromatic rings. The zero-order valence-electron chi connectivity index (χ0n) is 12.8. The van der Waals surface area contributed by atoms with E-state index < -0.39 is 11.4 Å². The molecule has 1 heterocycles. The van der Waals surface area contributed by atoms with Gasteiger partial charge in [-0.3, -0.25) is 4.79 Å². The summed E-state index contributed by atoms with van der Waals surface area (Å²) in [6.45, 7) is 1.66. The van der Waals surface area contributed by atoms with Crippen molar-refractivity contribution in [2.75, 3.05) is 0 Å². The summed E-state index contributed by atoms with van der Waals surface area (Å²) in [6, 6.07) is 10.6. The molecule has 0 aliphatic heterocycles. The molecule has 1 aromatic heterocycles. The van der Waals surface area contributed by atoms with E-state index in [1.807, 2.05) is 0 Å². The monoisotopic (exact) mass is 322 g/mol. The van der Waals surface area contributed by atoms with Gasteiger partial charge in [-0.1, -0.05) is 18.2 Å². The molecule has 0 aliphatic carbocycles. The van der Waals surface area contributed by atoms with E-state index in [-0.39, 0.29) is 22.6 Å². The number of carbonyl (C=O) groups is 1. The molecule has 0 atom stereocenters. The minimum atomic E-state index is -0.512. The number of allylic oxidation sites excluding steroid dienone is 1. The molecule has 0 fully saturated rings. The topological polar surface area (TPSA) is 87.7 Å². The number of benzene rings is 2. The zero-order chi connectivity index (χ0) is 17.3. The average molecular weight is 322 g/mol. The third-order valence-electron chi connectivity index (χ3n) is 3.64. The molecule has 2 aromatic carbocycles. The molecule has 3 rings (SSSR count). The molecule has 0 amide bonds. The predicted molar refractivity (Wildman–Crippen MR) is 90.4 cm³/mol. The molecule has 0 unspecified atom stereocenters. The first-order valence-electron chi connectivity index (χ1n) is 7.23. The number of ketones is 1. The van der Waals surface area contributed by atoms with Crippen LogP contribution in [0.2, 0.25) is 0 Å². The summed E-state index contributed by atoms with van der Waals surface area (Å²) in [6.07, 6.45) is 2.85. The van der Waals surface area contributed by atoms with E-state index in [1.165, 1.54) is 36.4 Å². The molecule has 0 saturated heterocycles. The van der Waals surface area contributed by atoms with E-state index in [9.17, 15) is 19.8 Å². The fourth-order valence-electron chi connectivity index (χ4n) is 2.51. The Kier molecular flexibility index (Phi) is 3.92. The van der Waals surface area contributed by atoms with Crippen molar-refractivity contribution in [3.05, 3.63) is 75.7 Å². The van der Waals surface area contributed by atoms with Crippen molar-refractivity contribution in [1.82, 2.24) is 0 Å². The van der Waals surface area contributed by atoms with Crippen LogP contribution in [0.1, 0.15) is 21.5 Å². The average Bonchev–Trinajstić information content (AvgIpc) is 2.52. The van der Waals surface area contributed by atoms with Crippen molar-refractivity contribution in [2.24, 2.45) is 0 Å². The van der Waals surface area contributed by atoms with Gasteiger partial charge < -0.3 is 14.6 Å². The Balaban J connectivity index is 2.01. The van der Waals surface area contributed by atoms with Crippen molar-refractivity contribution >= 4 is 22.8 Å². The van der Waals surface area contributed by atoms with E-state index in [1.54, 1.807) is 25.1 Å². The highest BCUT2D eigenvalue weighted by molar-refractivity contribution is 6.11. The highest BCUT2D eigenvalue weighted by Gasteiger charge is 2.15. The van der Waals surface area contributed by atoms with E-state index in [0.29, 0.717) is 16.5 Å². The minimum absolute atomic E-state index is 0.101. The van der Waals surface area contributed by atoms with Gasteiger partial charge in [0.15, 0.2) is 5.78 Å². The van der Waals surface area contributed by atoms with Crippen LogP contribution in [0.5, 0.6) is 11.5 Å². The summed E-state index contributed by atoms with van der Waals surface area (Å²) in [7, 11) is 0. The summed E-state index contributed by atoms with van der Waals surface area (Å²) in [5.41, 5.74) is 1.01. The van der Waals surface area contributed by atoms with Crippen LogP contribution in [-0.2, 0) is 0 Å². The molecule has 0 spiro atoms. The molecule has 0 bridgehead atoms. The van der Waals surface area contributed by atoms with Crippen LogP contribution in [0.25, 0.3) is 17.0 Å². The number of phenolic OH excluding ortho intramolecular Hbond substituents is 2. The van der Waals surface area contributed by atoms with Crippen molar-refractivity contribution < 1.29 is 19.4 Å². The molecule has 0 aliphatic rings. The largest absolute Gasteiger partial charge is 0.508 e. The maximum atomic E-state index is 12.3. The molecular formula is C19H14O5. The Bertz CT molecular complexity index is 1030. The fraction of sp³-hybridized carbons (Fsp3) is 0.0526. The lowest BCUT2D eigenvalue weighted by atomic mass is 10.0. The van der Waals surface area contributed by atoms with Crippen LogP contribution >= 0.6 is 0 Å². The van der Waals surface area contributed by atoms with E-state index in [4.69, 9.17) is 4.42 Å². The number of phenols is 2. The Hall–Kier alpha value is -3.34. The molecule has 5 nitrogen and oxygen atoms in total. The quantitative estimate of drug-likeness (QED) is 0.438. The summed E-state index contributed by atoms with van der Waals surface area (Å²) in [4.78, 5) is 23.7. The second kappa shape index (κ2) is 6.04. The van der Waals surface area contributed by atoms with Crippen LogP contribution in [0.15, 0.2) is 57.8 Å². The van der Waals surface area contributed by atoms with Gasteiger partial charge in [0.25, 0.3) is 0 Å². The third-order valence-corrected chi connectivity index (χ3v) is 3.64. The maximum absolute atomic E-state index is 12.3. The van der Waals surface area contributed by atoms with Gasteiger partial charge in [0.1, 0.15) is 17.1 Å². The number of hydrogen-bond donors (Lipinski definition) is 2. The number of aromatic hydroxyl groups is 2. The molecular weight excluding hydrogens is 308 g/mol. The third kappa shape index (κ3) is 2.92. The van der Waals surface area contributed by atoms with Crippen LogP contribution in [-0.4, -0.2) is 16.0 Å². The SMILES string of the molecule is Cc1cc(=O)oc2ccc(C(=O)/C=C/c3cccc(O)c3)c(O)c12. The molecule has 0 radical (unpaired) electrons. The molecule has 5 heteroatoms. The van der Waals surface area contributed by atoms with Gasteiger partial charge in [-0.05, 0) is 48.4 Å². The molecule has 2 N–H and O–H groups in total. The Morgan fingerprint density at radius 1 is 1.12 bits per heavy atom. The summed E-state index contributed by atoms with van der Waals surface area (Å²) >= 11 is 0. The Labute approximate surface area is 137 Å². The van der Waals surface area contributed by atoms with Crippen molar-refractivity contribution in [3.8, 4) is 11.5 Å². The number of hydrogen-bond acceptors (Lipinski definition) is 5. The predicted octanol–water partition coefficient (Wildman–Crippen LogP) is 3.41. The highest BCUT2D eigenvalue weighted by Crippen LogP contribution is 2.31. The smallest absolute Gasteiger partial charge is 0.336 e. The minimum Gasteiger partial charge on any atom is -0.508 e. The first kappa shape index (κ1) is 15.6. The van der Waals surface area contributed by atoms with Gasteiger partial charge >= 0.3 is 5.63 Å². The number of rotatable bonds is 3. The molecule has 0 saturated carbocycles. The van der Waals surface area contributed by atoms with Crippen LogP contribution in [0.3, 0.4) is 0 Å². The summed E-state index contributed by atoms with van der Waals surface area (Å²) < 4.78 is 5.03. The van der Waals surface area contributed by atoms with Crippen LogP contribution < -0.4 is 5.63 Å². The van der Waals surface area contributed by atoms with Crippen LogP contribution in [0, 0.1) is 6.92 Å². The van der Waals surface area contributed by atoms with Gasteiger partial charge in [0.2, 0.25) is 0 Å². The summed E-state index contributed by atoms with van der Waals surface area (Å²) in [5, 5.41) is 20.1. The Morgan fingerprint density at radius 2 is 1.92 bits per heavy atom. The molecule has 24 heavy (non-hydrogen) atoms. The first-order chi connectivity index (χ1) is 11.5. The zero-order valence-corrected chi connectivity index (χ0v) is 12.8. The van der Waals surface area contributed by atoms with Gasteiger partial charge in [-0.25, -0.2) is 4.79 Å². The normalized spacial score (nSPS) is 11.2. The lowest BCUT2D eigenvalue weighted by Crippen LogP contribution is -2.01. The van der Waals surface area contributed by atoms with E-state index in [0.717, 1.165) is 0 Å². The highest BCUT2D eigenvalue weighted by atomic mass is 16.4. The lowest BCUT2D eigenvalue weighted by molar-refractivity contribution is 0.104. The van der Waals surface area contributed by atoms with Gasteiger partial charge in [-0.15, -0.1) is 0 Å². The maximum Gasteiger partial charge on any atom is 0.336 e. The second-order valence-electron chi connectivity index (χ2n) is 5.38. The van der Waals surface area contributed by atoms with Crippen molar-refractivity contribution in [1.29, 1.82) is 0 Å². The van der Waals surface area contributed by atoms with Gasteiger partial charge in [0, 0.05) is 6.07 Å². The summed E-state index contributed by atoms with van der Waals surface area (Å²) in [5.74, 6) is -0.522. The van der Waals surface area contributed by atoms with Crippen molar-refractivity contribution in [2.45, 2.75) is 6.92 Å². The number of aryl methyl sites for hydroxylation is 1. The van der Waals surface area contributed by atoms with Gasteiger partial charge in [0.05, 0.1) is 10.9 Å². The second-order valence-corrected chi connectivity index (χ2v) is 5.38. The fourth-order valence-corrected chi connectivity index (χ4v) is 2.51. The van der Waals surface area contributed by atoms with Crippen LogP contribution in [0.4, 0.5) is 0 Å². The standard InChI is InChI=1S/C19H14O5/c1-11-9-17(22)24-16-8-6-14(19(23)18(11)16)15(21)7-5-12-3-2-4-13(20)10-12/h2-10,20,23H,1H3/b7-5+. The number of fused-ring (bicyclic) bond motifs is 1. The van der Waals surface area contributed by atoms with E-state index in [2.05, 4.69) is 0 Å².